The van der Waals surface area contributed by atoms with Gasteiger partial charge in [0.1, 0.15) is 5.58 Å². The number of benzene rings is 1. The van der Waals surface area contributed by atoms with Gasteiger partial charge in [0.25, 0.3) is 0 Å². The maximum atomic E-state index is 12.4. The number of fused-ring (bicyclic) bond motifs is 1. The van der Waals surface area contributed by atoms with Crippen LogP contribution in [0.1, 0.15) is 75.2 Å². The number of hydrogen-bond donors (Lipinski definition) is 1. The molecule has 0 atom stereocenters. The van der Waals surface area contributed by atoms with E-state index in [0.717, 1.165) is 48.0 Å². The van der Waals surface area contributed by atoms with Gasteiger partial charge in [-0.05, 0) is 62.9 Å². The third-order valence-electron chi connectivity index (χ3n) is 5.96. The smallest absolute Gasteiger partial charge is 0.195 e. The molecule has 2 aromatic rings. The third-order valence-corrected chi connectivity index (χ3v) is 5.96. The van der Waals surface area contributed by atoms with Crippen molar-refractivity contribution in [2.75, 3.05) is 18.8 Å². The highest BCUT2D eigenvalue weighted by Gasteiger charge is 2.28. The number of hydrogen-bond acceptors (Lipinski definition) is 4. The molecule has 142 valence electrons. The zero-order valence-corrected chi connectivity index (χ0v) is 16.5. The molecule has 0 radical (unpaired) electrons. The molecule has 2 N–H and O–H groups in total. The van der Waals surface area contributed by atoms with Crippen molar-refractivity contribution in [3.05, 3.63) is 29.3 Å². The van der Waals surface area contributed by atoms with Crippen LogP contribution < -0.4 is 5.73 Å². The zero-order valence-electron chi connectivity index (χ0n) is 16.5. The van der Waals surface area contributed by atoms with Gasteiger partial charge in [-0.15, -0.1) is 0 Å². The van der Waals surface area contributed by atoms with Crippen LogP contribution in [0.25, 0.3) is 11.0 Å². The van der Waals surface area contributed by atoms with Crippen molar-refractivity contribution in [2.24, 2.45) is 5.92 Å². The molecule has 0 aliphatic carbocycles. The fourth-order valence-corrected chi connectivity index (χ4v) is 4.40. The summed E-state index contributed by atoms with van der Waals surface area (Å²) in [5, 5.41) is 1.02. The molecule has 0 amide bonds. The van der Waals surface area contributed by atoms with Crippen LogP contribution in [0.3, 0.4) is 0 Å². The van der Waals surface area contributed by atoms with Crippen LogP contribution in [0.4, 0.5) is 5.88 Å². The van der Waals surface area contributed by atoms with Crippen LogP contribution in [0, 0.1) is 5.92 Å². The fourth-order valence-electron chi connectivity index (χ4n) is 4.40. The molecular weight excluding hydrogens is 324 g/mol. The second kappa shape index (κ2) is 7.83. The molecule has 4 nitrogen and oxygen atoms in total. The lowest BCUT2D eigenvalue weighted by Crippen LogP contribution is -2.40. The van der Waals surface area contributed by atoms with Crippen LogP contribution >= 0.6 is 0 Å². The van der Waals surface area contributed by atoms with Crippen molar-refractivity contribution in [1.29, 1.82) is 0 Å². The second-order valence-electron chi connectivity index (χ2n) is 7.89. The van der Waals surface area contributed by atoms with Gasteiger partial charge >= 0.3 is 0 Å². The number of Topliss-reactive ketones (excluding diaryl/α,β-unsaturated/α-hetero) is 1. The minimum absolute atomic E-state index is 0.0107. The molecule has 1 aliphatic rings. The van der Waals surface area contributed by atoms with E-state index in [1.165, 1.54) is 12.8 Å². The number of nitrogens with zero attached hydrogens (tertiary/aromatic N) is 1. The Kier molecular flexibility index (Phi) is 5.71. The average molecular weight is 357 g/mol. The summed E-state index contributed by atoms with van der Waals surface area (Å²) < 4.78 is 5.82. The Bertz CT molecular complexity index is 766. The standard InChI is InChI=1S/C22H32N2O2/c1-5-17(6-2)24-11-9-15(10-12-24)20-18-13-16(21(25)14(3)4)7-8-19(18)26-22(20)23/h7-8,13-15,17H,5-6,9-12,23H2,1-4H3. The van der Waals surface area contributed by atoms with Gasteiger partial charge in [-0.3, -0.25) is 4.79 Å². The quantitative estimate of drug-likeness (QED) is 0.721. The van der Waals surface area contributed by atoms with E-state index in [9.17, 15) is 4.79 Å². The number of anilines is 1. The Labute approximate surface area is 156 Å². The summed E-state index contributed by atoms with van der Waals surface area (Å²) in [5.74, 6) is 1.09. The molecule has 1 aromatic heterocycles. The first kappa shape index (κ1) is 19.0. The van der Waals surface area contributed by atoms with E-state index in [4.69, 9.17) is 10.2 Å². The summed E-state index contributed by atoms with van der Waals surface area (Å²) in [5.41, 5.74) is 8.91. The number of nitrogen functional groups attached to an aromatic ring is 1. The number of likely N-dealkylation sites (tertiary alicyclic amines) is 1. The fraction of sp³-hybridized carbons (Fsp3) is 0.591. The molecule has 0 spiro atoms. The molecule has 1 fully saturated rings. The Morgan fingerprint density at radius 2 is 1.88 bits per heavy atom. The number of carbonyl (C=O) groups is 1. The average Bonchev–Trinajstić information content (AvgIpc) is 2.97. The number of rotatable bonds is 6. The molecule has 0 saturated carbocycles. The first-order chi connectivity index (χ1) is 12.5. The van der Waals surface area contributed by atoms with Crippen LogP contribution in [0.2, 0.25) is 0 Å². The minimum atomic E-state index is -0.0107. The molecule has 1 saturated heterocycles. The van der Waals surface area contributed by atoms with Crippen LogP contribution in [0.5, 0.6) is 0 Å². The van der Waals surface area contributed by atoms with Crippen molar-refractivity contribution in [1.82, 2.24) is 4.90 Å². The minimum Gasteiger partial charge on any atom is -0.441 e. The predicted molar refractivity (Wildman–Crippen MR) is 108 cm³/mol. The number of carbonyl (C=O) groups excluding carboxylic acids is 1. The highest BCUT2D eigenvalue weighted by molar-refractivity contribution is 6.01. The lowest BCUT2D eigenvalue weighted by Gasteiger charge is -2.37. The largest absolute Gasteiger partial charge is 0.441 e. The molecule has 0 bridgehead atoms. The van der Waals surface area contributed by atoms with E-state index in [-0.39, 0.29) is 11.7 Å². The maximum Gasteiger partial charge on any atom is 0.195 e. The number of ketones is 1. The molecule has 4 heteroatoms. The summed E-state index contributed by atoms with van der Waals surface area (Å²) in [7, 11) is 0. The Balaban J connectivity index is 1.87. The first-order valence-corrected chi connectivity index (χ1v) is 10.1. The van der Waals surface area contributed by atoms with Crippen molar-refractivity contribution in [2.45, 2.75) is 65.3 Å². The summed E-state index contributed by atoms with van der Waals surface area (Å²) in [6.45, 7) is 10.6. The SMILES string of the molecule is CCC(CC)N1CCC(c2c(N)oc3ccc(C(=O)C(C)C)cc23)CC1. The second-order valence-corrected chi connectivity index (χ2v) is 7.89. The molecule has 3 rings (SSSR count). The Morgan fingerprint density at radius 3 is 2.46 bits per heavy atom. The van der Waals surface area contributed by atoms with Gasteiger partial charge in [-0.25, -0.2) is 0 Å². The molecule has 1 aromatic carbocycles. The lowest BCUT2D eigenvalue weighted by atomic mass is 9.87. The number of furan rings is 1. The van der Waals surface area contributed by atoms with Crippen molar-refractivity contribution < 1.29 is 9.21 Å². The van der Waals surface area contributed by atoms with Crippen molar-refractivity contribution in [3.8, 4) is 0 Å². The van der Waals surface area contributed by atoms with E-state index >= 15 is 0 Å². The van der Waals surface area contributed by atoms with E-state index in [1.807, 2.05) is 32.0 Å². The predicted octanol–water partition coefficient (Wildman–Crippen LogP) is 5.22. The van der Waals surface area contributed by atoms with Gasteiger partial charge < -0.3 is 15.1 Å². The molecule has 1 aliphatic heterocycles. The van der Waals surface area contributed by atoms with Crippen LogP contribution in [-0.2, 0) is 0 Å². The molecular formula is C22H32N2O2. The van der Waals surface area contributed by atoms with E-state index in [1.54, 1.807) is 0 Å². The van der Waals surface area contributed by atoms with Crippen molar-refractivity contribution in [3.63, 3.8) is 0 Å². The summed E-state index contributed by atoms with van der Waals surface area (Å²) in [6, 6.07) is 6.42. The lowest BCUT2D eigenvalue weighted by molar-refractivity contribution is 0.0939. The first-order valence-electron chi connectivity index (χ1n) is 10.1. The number of piperidine rings is 1. The zero-order chi connectivity index (χ0) is 18.8. The van der Waals surface area contributed by atoms with Crippen molar-refractivity contribution >= 4 is 22.6 Å². The van der Waals surface area contributed by atoms with Gasteiger partial charge in [0, 0.05) is 28.5 Å². The highest BCUT2D eigenvalue weighted by atomic mass is 16.3. The monoisotopic (exact) mass is 356 g/mol. The van der Waals surface area contributed by atoms with E-state index < -0.39 is 0 Å². The van der Waals surface area contributed by atoms with Gasteiger partial charge in [0.05, 0.1) is 0 Å². The normalized spacial score (nSPS) is 16.8. The topological polar surface area (TPSA) is 59.5 Å². The number of nitrogens with two attached hydrogens (primary N) is 1. The molecule has 2 heterocycles. The molecule has 26 heavy (non-hydrogen) atoms. The van der Waals surface area contributed by atoms with Gasteiger partial charge in [-0.1, -0.05) is 27.7 Å². The van der Waals surface area contributed by atoms with Gasteiger partial charge in [0.2, 0.25) is 0 Å². The summed E-state index contributed by atoms with van der Waals surface area (Å²) in [4.78, 5) is 15.0. The highest BCUT2D eigenvalue weighted by Crippen LogP contribution is 2.40. The van der Waals surface area contributed by atoms with E-state index in [2.05, 4.69) is 18.7 Å². The van der Waals surface area contributed by atoms with Crippen LogP contribution in [0.15, 0.2) is 22.6 Å². The summed E-state index contributed by atoms with van der Waals surface area (Å²) >= 11 is 0. The van der Waals surface area contributed by atoms with Crippen LogP contribution in [-0.4, -0.2) is 29.8 Å². The third kappa shape index (κ3) is 3.52. The van der Waals surface area contributed by atoms with Gasteiger partial charge in [0.15, 0.2) is 11.7 Å². The van der Waals surface area contributed by atoms with Gasteiger partial charge in [-0.2, -0.15) is 0 Å². The molecule has 0 unspecified atom stereocenters. The maximum absolute atomic E-state index is 12.4. The Hall–Kier alpha value is -1.81. The summed E-state index contributed by atoms with van der Waals surface area (Å²) in [6.07, 6.45) is 4.60. The Morgan fingerprint density at radius 1 is 1.23 bits per heavy atom. The van der Waals surface area contributed by atoms with E-state index in [0.29, 0.717) is 17.8 Å².